The van der Waals surface area contributed by atoms with Gasteiger partial charge in [-0.2, -0.15) is 12.6 Å². The van der Waals surface area contributed by atoms with E-state index < -0.39 is 0 Å². The summed E-state index contributed by atoms with van der Waals surface area (Å²) in [5, 5.41) is 0. The molecule has 2 saturated heterocycles. The van der Waals surface area contributed by atoms with Crippen molar-refractivity contribution in [1.82, 2.24) is 4.90 Å². The first kappa shape index (κ1) is 8.81. The minimum Gasteiger partial charge on any atom is -0.378 e. The molecule has 1 spiro atoms. The fourth-order valence-corrected chi connectivity index (χ4v) is 2.11. The van der Waals surface area contributed by atoms with E-state index in [0.29, 0.717) is 0 Å². The van der Waals surface area contributed by atoms with Crippen molar-refractivity contribution in [3.8, 4) is 0 Å². The summed E-state index contributed by atoms with van der Waals surface area (Å²) < 4.78 is 11.1. The van der Waals surface area contributed by atoms with E-state index in [1.807, 2.05) is 0 Å². The maximum atomic E-state index is 5.76. The third-order valence-corrected chi connectivity index (χ3v) is 2.99. The van der Waals surface area contributed by atoms with E-state index >= 15 is 0 Å². The van der Waals surface area contributed by atoms with E-state index in [1.165, 1.54) is 0 Å². The molecule has 0 N–H and O–H groups in total. The summed E-state index contributed by atoms with van der Waals surface area (Å²) in [5.74, 6) is 0.825. The Hall–Kier alpha value is 0.230. The van der Waals surface area contributed by atoms with Gasteiger partial charge in [-0.25, -0.2) is 0 Å². The molecule has 1 atom stereocenters. The Morgan fingerprint density at radius 1 is 1.42 bits per heavy atom. The molecule has 0 aromatic heterocycles. The van der Waals surface area contributed by atoms with Gasteiger partial charge in [-0.1, -0.05) is 0 Å². The molecular formula is C8H15NO2S. The summed E-state index contributed by atoms with van der Waals surface area (Å²) in [4.78, 5) is 2.31. The van der Waals surface area contributed by atoms with Crippen LogP contribution in [0.2, 0.25) is 0 Å². The lowest BCUT2D eigenvalue weighted by Crippen LogP contribution is -2.51. The van der Waals surface area contributed by atoms with Crippen LogP contribution in [-0.4, -0.2) is 49.3 Å². The number of rotatable bonds is 1. The summed E-state index contributed by atoms with van der Waals surface area (Å²) in [6.07, 6.45) is 1.04. The average molecular weight is 189 g/mol. The molecule has 2 heterocycles. The molecule has 0 aliphatic carbocycles. The molecule has 2 fully saturated rings. The molecule has 0 bridgehead atoms. The first-order valence-corrected chi connectivity index (χ1v) is 5.03. The maximum absolute atomic E-state index is 5.76. The smallest absolute Gasteiger partial charge is 0.106 e. The Morgan fingerprint density at radius 3 is 3.00 bits per heavy atom. The molecule has 0 unspecified atom stereocenters. The van der Waals surface area contributed by atoms with Crippen LogP contribution >= 0.6 is 12.6 Å². The lowest BCUT2D eigenvalue weighted by atomic mass is 10.0. The van der Waals surface area contributed by atoms with E-state index in [9.17, 15) is 0 Å². The van der Waals surface area contributed by atoms with Gasteiger partial charge in [-0.15, -0.1) is 0 Å². The molecule has 12 heavy (non-hydrogen) atoms. The van der Waals surface area contributed by atoms with Crippen molar-refractivity contribution in [2.24, 2.45) is 0 Å². The van der Waals surface area contributed by atoms with Crippen LogP contribution in [-0.2, 0) is 9.47 Å². The van der Waals surface area contributed by atoms with E-state index in [0.717, 1.165) is 45.2 Å². The van der Waals surface area contributed by atoms with E-state index in [4.69, 9.17) is 9.47 Å². The maximum Gasteiger partial charge on any atom is 0.106 e. The molecule has 0 aromatic carbocycles. The lowest BCUT2D eigenvalue weighted by Gasteiger charge is -2.38. The summed E-state index contributed by atoms with van der Waals surface area (Å²) in [5.41, 5.74) is 0.000972. The quantitative estimate of drug-likeness (QED) is 0.602. The standard InChI is InChI=1S/C8H15NO2S/c12-7-9-2-4-11-8(5-9)1-3-10-6-8/h12H,1-7H2/t8-/m0/s1. The second kappa shape index (κ2) is 3.54. The van der Waals surface area contributed by atoms with Crippen LogP contribution in [0.25, 0.3) is 0 Å². The van der Waals surface area contributed by atoms with Crippen molar-refractivity contribution in [2.75, 3.05) is 38.8 Å². The average Bonchev–Trinajstić information content (AvgIpc) is 2.53. The highest BCUT2D eigenvalue weighted by Gasteiger charge is 2.39. The van der Waals surface area contributed by atoms with Crippen molar-refractivity contribution in [1.29, 1.82) is 0 Å². The normalized spacial score (nSPS) is 37.8. The van der Waals surface area contributed by atoms with Gasteiger partial charge in [0.15, 0.2) is 0 Å². The van der Waals surface area contributed by atoms with Gasteiger partial charge in [0, 0.05) is 32.0 Å². The monoisotopic (exact) mass is 189 g/mol. The third kappa shape index (κ3) is 1.62. The lowest BCUT2D eigenvalue weighted by molar-refractivity contribution is -0.104. The third-order valence-electron chi connectivity index (χ3n) is 2.59. The van der Waals surface area contributed by atoms with Crippen LogP contribution in [0, 0.1) is 0 Å². The van der Waals surface area contributed by atoms with Crippen molar-refractivity contribution in [3.63, 3.8) is 0 Å². The minimum atomic E-state index is 0.000972. The highest BCUT2D eigenvalue weighted by atomic mass is 32.1. The Labute approximate surface area is 78.4 Å². The van der Waals surface area contributed by atoms with Crippen LogP contribution in [0.5, 0.6) is 0 Å². The summed E-state index contributed by atoms with van der Waals surface area (Å²) >= 11 is 4.27. The van der Waals surface area contributed by atoms with Crippen molar-refractivity contribution in [2.45, 2.75) is 12.0 Å². The SMILES string of the molecule is SCN1CCO[C@@]2(CCOC2)C1. The van der Waals surface area contributed by atoms with Gasteiger partial charge in [-0.05, 0) is 0 Å². The van der Waals surface area contributed by atoms with Crippen LogP contribution < -0.4 is 0 Å². The number of hydrogen-bond donors (Lipinski definition) is 1. The molecule has 3 nitrogen and oxygen atoms in total. The van der Waals surface area contributed by atoms with E-state index in [-0.39, 0.29) is 5.60 Å². The predicted octanol–water partition coefficient (Wildman–Crippen LogP) is 0.365. The molecule has 70 valence electrons. The molecule has 2 rings (SSSR count). The number of thiol groups is 1. The van der Waals surface area contributed by atoms with Gasteiger partial charge in [0.25, 0.3) is 0 Å². The Bertz CT molecular complexity index is 159. The number of ether oxygens (including phenoxy) is 2. The van der Waals surface area contributed by atoms with Crippen molar-refractivity contribution in [3.05, 3.63) is 0 Å². The molecule has 0 aromatic rings. The molecule has 0 saturated carbocycles. The van der Waals surface area contributed by atoms with Gasteiger partial charge < -0.3 is 9.47 Å². The zero-order chi connectivity index (χ0) is 8.44. The van der Waals surface area contributed by atoms with Gasteiger partial charge in [0.1, 0.15) is 5.60 Å². The minimum absolute atomic E-state index is 0.000972. The van der Waals surface area contributed by atoms with Crippen LogP contribution in [0.3, 0.4) is 0 Å². The van der Waals surface area contributed by atoms with Crippen molar-refractivity contribution >= 4 is 12.6 Å². The van der Waals surface area contributed by atoms with E-state index in [2.05, 4.69) is 17.5 Å². The number of nitrogens with zero attached hydrogens (tertiary/aromatic N) is 1. The molecule has 2 aliphatic rings. The fraction of sp³-hybridized carbons (Fsp3) is 1.00. The zero-order valence-electron chi connectivity index (χ0n) is 7.16. The summed E-state index contributed by atoms with van der Waals surface area (Å²) in [6, 6.07) is 0. The Kier molecular flexibility index (Phi) is 2.60. The Balaban J connectivity index is 1.97. The second-order valence-electron chi connectivity index (χ2n) is 3.53. The highest BCUT2D eigenvalue weighted by molar-refractivity contribution is 7.80. The van der Waals surface area contributed by atoms with E-state index in [1.54, 1.807) is 0 Å². The molecule has 0 amide bonds. The number of morpholine rings is 1. The zero-order valence-corrected chi connectivity index (χ0v) is 8.06. The first-order chi connectivity index (χ1) is 5.85. The van der Waals surface area contributed by atoms with Crippen LogP contribution in [0.4, 0.5) is 0 Å². The highest BCUT2D eigenvalue weighted by Crippen LogP contribution is 2.27. The predicted molar refractivity (Wildman–Crippen MR) is 49.5 cm³/mol. The van der Waals surface area contributed by atoms with Gasteiger partial charge >= 0.3 is 0 Å². The van der Waals surface area contributed by atoms with Gasteiger partial charge in [0.2, 0.25) is 0 Å². The van der Waals surface area contributed by atoms with Crippen LogP contribution in [0.1, 0.15) is 6.42 Å². The topological polar surface area (TPSA) is 21.7 Å². The Morgan fingerprint density at radius 2 is 2.33 bits per heavy atom. The van der Waals surface area contributed by atoms with Crippen LogP contribution in [0.15, 0.2) is 0 Å². The van der Waals surface area contributed by atoms with Crippen molar-refractivity contribution < 1.29 is 9.47 Å². The fourth-order valence-electron chi connectivity index (χ4n) is 1.87. The number of hydrogen-bond acceptors (Lipinski definition) is 4. The largest absolute Gasteiger partial charge is 0.378 e. The van der Waals surface area contributed by atoms with Gasteiger partial charge in [-0.3, -0.25) is 4.90 Å². The first-order valence-electron chi connectivity index (χ1n) is 4.40. The molecule has 2 aliphatic heterocycles. The molecule has 0 radical (unpaired) electrons. The van der Waals surface area contributed by atoms with Gasteiger partial charge in [0.05, 0.1) is 13.2 Å². The summed E-state index contributed by atoms with van der Waals surface area (Å²) in [6.45, 7) is 4.42. The second-order valence-corrected chi connectivity index (χ2v) is 3.81. The summed E-state index contributed by atoms with van der Waals surface area (Å²) in [7, 11) is 0. The molecular weight excluding hydrogens is 174 g/mol. The molecule has 4 heteroatoms.